The van der Waals surface area contributed by atoms with E-state index in [1.54, 1.807) is 0 Å². The highest BCUT2D eigenvalue weighted by atomic mass is 28.4. The molecular formula is C18H27NO3Si. The molecule has 0 radical (unpaired) electrons. The summed E-state index contributed by atoms with van der Waals surface area (Å²) in [5.74, 6) is 0. The normalized spacial score (nSPS) is 22.8. The van der Waals surface area contributed by atoms with Crippen molar-refractivity contribution in [2.45, 2.75) is 58.7 Å². The van der Waals surface area contributed by atoms with E-state index >= 15 is 0 Å². The van der Waals surface area contributed by atoms with Crippen molar-refractivity contribution in [1.29, 1.82) is 0 Å². The van der Waals surface area contributed by atoms with Crippen LogP contribution in [-0.2, 0) is 13.3 Å². The number of hydrogen-bond acceptors (Lipinski definition) is 3. The van der Waals surface area contributed by atoms with Crippen molar-refractivity contribution in [3.05, 3.63) is 30.5 Å². The van der Waals surface area contributed by atoms with Gasteiger partial charge in [-0.25, -0.2) is 0 Å². The standard InChI is InChI=1S/C18H27NO3Si/c1-6-20-23(15-7-8-16-14(13-15)9-12-19-16)21-17(2,3)10-11-18(4,5)22-23/h7-9,12-13,19H,6,10-11H2,1-5H3. The van der Waals surface area contributed by atoms with Gasteiger partial charge in [-0.05, 0) is 71.0 Å². The molecule has 4 nitrogen and oxygen atoms in total. The summed E-state index contributed by atoms with van der Waals surface area (Å²) in [6.07, 6.45) is 3.86. The lowest BCUT2D eigenvalue weighted by molar-refractivity contribution is -0.0115. The SMILES string of the molecule is CCO[Si]1(c2ccc3[nH]ccc3c2)OC(C)(C)CCC(C)(C)O1. The topological polar surface area (TPSA) is 43.5 Å². The lowest BCUT2D eigenvalue weighted by atomic mass is 9.94. The highest BCUT2D eigenvalue weighted by molar-refractivity contribution is 6.75. The van der Waals surface area contributed by atoms with Crippen LogP contribution in [0, 0.1) is 0 Å². The number of nitrogens with one attached hydrogen (secondary N) is 1. The largest absolute Gasteiger partial charge is 0.538 e. The molecule has 1 aliphatic rings. The van der Waals surface area contributed by atoms with Crippen molar-refractivity contribution in [3.63, 3.8) is 0 Å². The lowest BCUT2D eigenvalue weighted by Gasteiger charge is -2.37. The molecule has 0 spiro atoms. The number of fused-ring (bicyclic) bond motifs is 1. The third-order valence-electron chi connectivity index (χ3n) is 4.39. The van der Waals surface area contributed by atoms with Crippen LogP contribution < -0.4 is 5.19 Å². The monoisotopic (exact) mass is 333 g/mol. The third kappa shape index (κ3) is 3.38. The van der Waals surface area contributed by atoms with Crippen LogP contribution in [0.4, 0.5) is 0 Å². The predicted octanol–water partition coefficient (Wildman–Crippen LogP) is 3.73. The van der Waals surface area contributed by atoms with Crippen molar-refractivity contribution in [2.75, 3.05) is 6.61 Å². The maximum Gasteiger partial charge on any atom is 0.538 e. The molecule has 5 heteroatoms. The van der Waals surface area contributed by atoms with Gasteiger partial charge in [0.2, 0.25) is 0 Å². The molecule has 2 heterocycles. The zero-order chi connectivity index (χ0) is 16.7. The minimum Gasteiger partial charge on any atom is -0.370 e. The fraction of sp³-hybridized carbons (Fsp3) is 0.556. The van der Waals surface area contributed by atoms with Crippen molar-refractivity contribution < 1.29 is 13.3 Å². The van der Waals surface area contributed by atoms with Crippen molar-refractivity contribution in [2.24, 2.45) is 0 Å². The van der Waals surface area contributed by atoms with Crippen LogP contribution in [0.15, 0.2) is 30.5 Å². The first-order valence-electron chi connectivity index (χ1n) is 8.37. The van der Waals surface area contributed by atoms with Crippen molar-refractivity contribution in [1.82, 2.24) is 4.98 Å². The van der Waals surface area contributed by atoms with E-state index in [-0.39, 0.29) is 11.2 Å². The number of H-pyrrole nitrogens is 1. The summed E-state index contributed by atoms with van der Waals surface area (Å²) in [5.41, 5.74) is 0.589. The van der Waals surface area contributed by atoms with Crippen LogP contribution in [0.3, 0.4) is 0 Å². The Labute approximate surface area is 139 Å². The van der Waals surface area contributed by atoms with E-state index in [4.69, 9.17) is 13.3 Å². The molecular weight excluding hydrogens is 306 g/mol. The van der Waals surface area contributed by atoms with E-state index in [1.165, 1.54) is 0 Å². The van der Waals surface area contributed by atoms with Crippen molar-refractivity contribution >= 4 is 24.9 Å². The first-order valence-corrected chi connectivity index (χ1v) is 10.1. The van der Waals surface area contributed by atoms with Gasteiger partial charge in [0.25, 0.3) is 0 Å². The zero-order valence-electron chi connectivity index (χ0n) is 14.7. The molecule has 1 aromatic heterocycles. The van der Waals surface area contributed by atoms with Gasteiger partial charge in [0, 0.05) is 23.5 Å². The molecule has 0 atom stereocenters. The number of rotatable bonds is 3. The minimum absolute atomic E-state index is 0.262. The van der Waals surface area contributed by atoms with E-state index in [1.807, 2.05) is 13.1 Å². The number of hydrogen-bond donors (Lipinski definition) is 1. The Hall–Kier alpha value is -1.14. The predicted molar refractivity (Wildman–Crippen MR) is 94.9 cm³/mol. The second-order valence-electron chi connectivity index (χ2n) is 7.49. The van der Waals surface area contributed by atoms with Crippen LogP contribution >= 0.6 is 0 Å². The maximum atomic E-state index is 6.56. The molecule has 0 unspecified atom stereocenters. The fourth-order valence-corrected chi connectivity index (χ4v) is 6.37. The molecule has 1 saturated heterocycles. The molecule has 0 amide bonds. The van der Waals surface area contributed by atoms with Gasteiger partial charge in [-0.2, -0.15) is 0 Å². The molecule has 3 rings (SSSR count). The highest BCUT2D eigenvalue weighted by Crippen LogP contribution is 2.35. The number of aromatic nitrogens is 1. The highest BCUT2D eigenvalue weighted by Gasteiger charge is 2.53. The van der Waals surface area contributed by atoms with E-state index in [2.05, 4.69) is 56.9 Å². The zero-order valence-corrected chi connectivity index (χ0v) is 15.7. The first kappa shape index (κ1) is 16.7. The molecule has 1 aromatic carbocycles. The van der Waals surface area contributed by atoms with Gasteiger partial charge in [0.15, 0.2) is 0 Å². The van der Waals surface area contributed by atoms with Crippen LogP contribution in [0.25, 0.3) is 10.9 Å². The molecule has 2 aromatic rings. The summed E-state index contributed by atoms with van der Waals surface area (Å²) in [5, 5.41) is 2.19. The van der Waals surface area contributed by atoms with Crippen LogP contribution in [0.2, 0.25) is 0 Å². The van der Waals surface area contributed by atoms with Crippen LogP contribution in [0.5, 0.6) is 0 Å². The van der Waals surface area contributed by atoms with E-state index in [0.29, 0.717) is 6.61 Å². The molecule has 0 aliphatic carbocycles. The minimum atomic E-state index is -2.98. The smallest absolute Gasteiger partial charge is 0.370 e. The van der Waals surface area contributed by atoms with Gasteiger partial charge >= 0.3 is 8.80 Å². The van der Waals surface area contributed by atoms with Gasteiger partial charge in [-0.1, -0.05) is 6.07 Å². The molecule has 23 heavy (non-hydrogen) atoms. The van der Waals surface area contributed by atoms with E-state index in [0.717, 1.165) is 28.9 Å². The second-order valence-corrected chi connectivity index (χ2v) is 9.88. The van der Waals surface area contributed by atoms with E-state index in [9.17, 15) is 0 Å². The van der Waals surface area contributed by atoms with Crippen LogP contribution in [-0.4, -0.2) is 31.6 Å². The molecule has 0 bridgehead atoms. The molecule has 1 aliphatic heterocycles. The van der Waals surface area contributed by atoms with Gasteiger partial charge < -0.3 is 18.3 Å². The van der Waals surface area contributed by atoms with Gasteiger partial charge in [0.05, 0.1) is 11.2 Å². The van der Waals surface area contributed by atoms with E-state index < -0.39 is 8.80 Å². The average Bonchev–Trinajstić information content (AvgIpc) is 2.88. The molecule has 1 N–H and O–H groups in total. The average molecular weight is 334 g/mol. The summed E-state index contributed by atoms with van der Waals surface area (Å²) >= 11 is 0. The summed E-state index contributed by atoms with van der Waals surface area (Å²) < 4.78 is 19.3. The Morgan fingerprint density at radius 3 is 2.35 bits per heavy atom. The van der Waals surface area contributed by atoms with Gasteiger partial charge in [-0.3, -0.25) is 0 Å². The van der Waals surface area contributed by atoms with Gasteiger partial charge in [0.1, 0.15) is 0 Å². The summed E-state index contributed by atoms with van der Waals surface area (Å²) in [7, 11) is -2.98. The molecule has 0 saturated carbocycles. The second kappa shape index (κ2) is 5.74. The Morgan fingerprint density at radius 2 is 1.74 bits per heavy atom. The summed E-state index contributed by atoms with van der Waals surface area (Å²) in [6.45, 7) is 11.1. The fourth-order valence-electron chi connectivity index (χ4n) is 3.15. The van der Waals surface area contributed by atoms with Crippen LogP contribution in [0.1, 0.15) is 47.5 Å². The van der Waals surface area contributed by atoms with Crippen molar-refractivity contribution in [3.8, 4) is 0 Å². The summed E-state index contributed by atoms with van der Waals surface area (Å²) in [6, 6.07) is 8.37. The molecule has 1 fully saturated rings. The Kier molecular flexibility index (Phi) is 4.17. The quantitative estimate of drug-likeness (QED) is 0.870. The Bertz CT molecular complexity index is 674. The maximum absolute atomic E-state index is 6.56. The number of benzene rings is 1. The van der Waals surface area contributed by atoms with Gasteiger partial charge in [-0.15, -0.1) is 0 Å². The Balaban J connectivity index is 2.12. The first-order chi connectivity index (χ1) is 10.8. The molecule has 126 valence electrons. The number of aromatic amines is 1. The Morgan fingerprint density at radius 1 is 1.09 bits per heavy atom. The summed E-state index contributed by atoms with van der Waals surface area (Å²) in [4.78, 5) is 3.23. The third-order valence-corrected chi connectivity index (χ3v) is 7.72. The lowest BCUT2D eigenvalue weighted by Crippen LogP contribution is -2.61.